The Hall–Kier alpha value is -0.0800. The van der Waals surface area contributed by atoms with E-state index in [0.717, 1.165) is 5.92 Å². The normalized spacial score (nSPS) is 36.8. The molecular formula is C18H35NO. The van der Waals surface area contributed by atoms with Gasteiger partial charge in [0.1, 0.15) is 0 Å². The molecule has 1 N–H and O–H groups in total. The number of nitrogens with one attached hydrogen (secondary N) is 1. The first-order valence-corrected chi connectivity index (χ1v) is 8.79. The molecule has 1 saturated heterocycles. The van der Waals surface area contributed by atoms with Crippen molar-refractivity contribution in [1.29, 1.82) is 0 Å². The van der Waals surface area contributed by atoms with Crippen LogP contribution < -0.4 is 5.32 Å². The minimum Gasteiger partial charge on any atom is -0.369 e. The predicted octanol–water partition coefficient (Wildman–Crippen LogP) is 4.53. The summed E-state index contributed by atoms with van der Waals surface area (Å²) < 4.78 is 6.37. The Balaban J connectivity index is 2.13. The van der Waals surface area contributed by atoms with Gasteiger partial charge in [0.15, 0.2) is 0 Å². The fourth-order valence-electron chi connectivity index (χ4n) is 4.67. The topological polar surface area (TPSA) is 21.3 Å². The van der Waals surface area contributed by atoms with Crippen molar-refractivity contribution in [2.24, 2.45) is 11.8 Å². The zero-order valence-corrected chi connectivity index (χ0v) is 14.3. The predicted molar refractivity (Wildman–Crippen MR) is 86.0 cm³/mol. The molecule has 3 unspecified atom stereocenters. The molecule has 0 amide bonds. The minimum absolute atomic E-state index is 0.0324. The van der Waals surface area contributed by atoms with Gasteiger partial charge in [-0.05, 0) is 71.8 Å². The van der Waals surface area contributed by atoms with Gasteiger partial charge in [-0.15, -0.1) is 0 Å². The Bertz CT molecular complexity index is 311. The summed E-state index contributed by atoms with van der Waals surface area (Å²) in [5.74, 6) is 1.49. The molecule has 118 valence electrons. The molecule has 1 heterocycles. The Kier molecular flexibility index (Phi) is 5.18. The maximum Gasteiger partial charge on any atom is 0.0666 e. The van der Waals surface area contributed by atoms with Crippen LogP contribution in [0, 0.1) is 11.8 Å². The zero-order chi connectivity index (χ0) is 14.8. The summed E-state index contributed by atoms with van der Waals surface area (Å²) >= 11 is 0. The Morgan fingerprint density at radius 2 is 1.75 bits per heavy atom. The van der Waals surface area contributed by atoms with Crippen LogP contribution in [0.5, 0.6) is 0 Å². The molecular weight excluding hydrogens is 246 g/mol. The third-order valence-corrected chi connectivity index (χ3v) is 5.39. The van der Waals surface area contributed by atoms with E-state index in [9.17, 15) is 0 Å². The molecule has 0 aromatic rings. The second kappa shape index (κ2) is 6.36. The van der Waals surface area contributed by atoms with Gasteiger partial charge >= 0.3 is 0 Å². The van der Waals surface area contributed by atoms with Crippen LogP contribution in [0.4, 0.5) is 0 Å². The van der Waals surface area contributed by atoms with Gasteiger partial charge in [0.25, 0.3) is 0 Å². The Labute approximate surface area is 126 Å². The third kappa shape index (κ3) is 3.76. The van der Waals surface area contributed by atoms with Crippen molar-refractivity contribution < 1.29 is 4.74 Å². The highest BCUT2D eigenvalue weighted by Gasteiger charge is 2.50. The van der Waals surface area contributed by atoms with Crippen LogP contribution in [-0.4, -0.2) is 23.8 Å². The van der Waals surface area contributed by atoms with Crippen molar-refractivity contribution in [2.45, 2.75) is 96.8 Å². The zero-order valence-electron chi connectivity index (χ0n) is 14.3. The number of hydrogen-bond acceptors (Lipinski definition) is 2. The highest BCUT2D eigenvalue weighted by atomic mass is 16.5. The summed E-state index contributed by atoms with van der Waals surface area (Å²) in [6, 6.07) is 0.708. The summed E-state index contributed by atoms with van der Waals surface area (Å²) in [6.45, 7) is 12.6. The summed E-state index contributed by atoms with van der Waals surface area (Å²) in [7, 11) is 0. The van der Waals surface area contributed by atoms with E-state index in [4.69, 9.17) is 4.74 Å². The molecule has 2 nitrogen and oxygen atoms in total. The van der Waals surface area contributed by atoms with Crippen molar-refractivity contribution in [3.8, 4) is 0 Å². The molecule has 0 aromatic heterocycles. The maximum atomic E-state index is 6.37. The number of rotatable bonds is 4. The van der Waals surface area contributed by atoms with Crippen LogP contribution in [0.2, 0.25) is 0 Å². The molecule has 1 aliphatic heterocycles. The number of ether oxygens (including phenoxy) is 1. The van der Waals surface area contributed by atoms with E-state index in [1.165, 1.54) is 51.5 Å². The van der Waals surface area contributed by atoms with E-state index in [1.54, 1.807) is 0 Å². The second-order valence-electron chi connectivity index (χ2n) is 8.14. The van der Waals surface area contributed by atoms with Crippen molar-refractivity contribution in [3.63, 3.8) is 0 Å². The number of hydrogen-bond donors (Lipinski definition) is 1. The highest BCUT2D eigenvalue weighted by molar-refractivity contribution is 5.00. The maximum absolute atomic E-state index is 6.37. The van der Waals surface area contributed by atoms with Gasteiger partial charge in [0, 0.05) is 6.04 Å². The lowest BCUT2D eigenvalue weighted by atomic mass is 9.72. The van der Waals surface area contributed by atoms with Crippen molar-refractivity contribution >= 4 is 0 Å². The molecule has 1 aliphatic carbocycles. The van der Waals surface area contributed by atoms with E-state index in [1.807, 2.05) is 0 Å². The Morgan fingerprint density at radius 3 is 2.35 bits per heavy atom. The standard InChI is InChI=1S/C18H35NO/c1-6-12-19-16-11-9-7-8-10-14(16)15-13-17(2,3)20-18(15,4)5/h14-16,19H,6-13H2,1-5H3. The summed E-state index contributed by atoms with van der Waals surface area (Å²) in [4.78, 5) is 0. The van der Waals surface area contributed by atoms with E-state index in [0.29, 0.717) is 12.0 Å². The second-order valence-corrected chi connectivity index (χ2v) is 8.14. The van der Waals surface area contributed by atoms with E-state index >= 15 is 0 Å². The first kappa shape index (κ1) is 16.3. The van der Waals surface area contributed by atoms with E-state index in [-0.39, 0.29) is 11.2 Å². The van der Waals surface area contributed by atoms with E-state index < -0.39 is 0 Å². The van der Waals surface area contributed by atoms with E-state index in [2.05, 4.69) is 39.9 Å². The fraction of sp³-hybridized carbons (Fsp3) is 1.00. The molecule has 0 bridgehead atoms. The first-order chi connectivity index (χ1) is 9.36. The van der Waals surface area contributed by atoms with Gasteiger partial charge in [-0.1, -0.05) is 26.2 Å². The van der Waals surface area contributed by atoms with Crippen LogP contribution in [-0.2, 0) is 4.74 Å². The van der Waals surface area contributed by atoms with Gasteiger partial charge in [-0.3, -0.25) is 0 Å². The van der Waals surface area contributed by atoms with Crippen LogP contribution in [0.1, 0.15) is 79.6 Å². The molecule has 3 atom stereocenters. The van der Waals surface area contributed by atoms with Crippen LogP contribution in [0.3, 0.4) is 0 Å². The Morgan fingerprint density at radius 1 is 1.05 bits per heavy atom. The van der Waals surface area contributed by atoms with Crippen molar-refractivity contribution in [2.75, 3.05) is 6.54 Å². The lowest BCUT2D eigenvalue weighted by Gasteiger charge is -2.37. The first-order valence-electron chi connectivity index (χ1n) is 8.79. The largest absolute Gasteiger partial charge is 0.369 e. The smallest absolute Gasteiger partial charge is 0.0666 e. The molecule has 2 heteroatoms. The van der Waals surface area contributed by atoms with Crippen LogP contribution in [0.25, 0.3) is 0 Å². The SMILES string of the molecule is CCCNC1CCCCCC1C1CC(C)(C)OC1(C)C. The molecule has 2 aliphatic rings. The van der Waals surface area contributed by atoms with Gasteiger partial charge in [-0.2, -0.15) is 0 Å². The molecule has 0 aromatic carbocycles. The summed E-state index contributed by atoms with van der Waals surface area (Å²) in [6.07, 6.45) is 9.41. The summed E-state index contributed by atoms with van der Waals surface area (Å²) in [5.41, 5.74) is 0.0838. The lowest BCUT2D eigenvalue weighted by molar-refractivity contribution is -0.0819. The lowest BCUT2D eigenvalue weighted by Crippen LogP contribution is -2.44. The van der Waals surface area contributed by atoms with Crippen LogP contribution in [0.15, 0.2) is 0 Å². The molecule has 20 heavy (non-hydrogen) atoms. The monoisotopic (exact) mass is 281 g/mol. The van der Waals surface area contributed by atoms with Gasteiger partial charge in [0.05, 0.1) is 11.2 Å². The molecule has 2 rings (SSSR count). The average molecular weight is 281 g/mol. The molecule has 0 spiro atoms. The van der Waals surface area contributed by atoms with Crippen molar-refractivity contribution in [1.82, 2.24) is 5.32 Å². The molecule has 1 saturated carbocycles. The van der Waals surface area contributed by atoms with Gasteiger partial charge in [-0.25, -0.2) is 0 Å². The minimum atomic E-state index is 0.0324. The molecule has 0 radical (unpaired) electrons. The quantitative estimate of drug-likeness (QED) is 0.765. The van der Waals surface area contributed by atoms with Crippen LogP contribution >= 0.6 is 0 Å². The van der Waals surface area contributed by atoms with Gasteiger partial charge < -0.3 is 10.1 Å². The summed E-state index contributed by atoms with van der Waals surface area (Å²) in [5, 5.41) is 3.85. The fourth-order valence-corrected chi connectivity index (χ4v) is 4.67. The third-order valence-electron chi connectivity index (χ3n) is 5.39. The highest BCUT2D eigenvalue weighted by Crippen LogP contribution is 2.48. The van der Waals surface area contributed by atoms with Crippen molar-refractivity contribution in [3.05, 3.63) is 0 Å². The van der Waals surface area contributed by atoms with Gasteiger partial charge in [0.2, 0.25) is 0 Å². The molecule has 2 fully saturated rings. The average Bonchev–Trinajstić information content (AvgIpc) is 2.53.